The second-order valence-electron chi connectivity index (χ2n) is 8.61. The number of para-hydroxylation sites is 1. The summed E-state index contributed by atoms with van der Waals surface area (Å²) in [7, 11) is 0. The summed E-state index contributed by atoms with van der Waals surface area (Å²) < 4.78 is 11.9. The minimum absolute atomic E-state index is 0.172. The lowest BCUT2D eigenvalue weighted by Crippen LogP contribution is -2.21. The van der Waals surface area contributed by atoms with Gasteiger partial charge in [0.15, 0.2) is 11.5 Å². The Bertz CT molecular complexity index is 1570. The van der Waals surface area contributed by atoms with Gasteiger partial charge >= 0.3 is 0 Å². The quantitative estimate of drug-likeness (QED) is 0.197. The number of hydrogen-bond donors (Lipinski definition) is 0. The molecule has 8 heteroatoms. The molecule has 39 heavy (non-hydrogen) atoms. The Morgan fingerprint density at radius 1 is 0.846 bits per heavy atom. The third-order valence-electron chi connectivity index (χ3n) is 5.96. The first-order chi connectivity index (χ1) is 18.9. The average Bonchev–Trinajstić information content (AvgIpc) is 3.26. The van der Waals surface area contributed by atoms with Crippen molar-refractivity contribution >= 4 is 58.2 Å². The molecule has 0 aromatic heterocycles. The van der Waals surface area contributed by atoms with Crippen LogP contribution in [0.4, 0.5) is 5.69 Å². The van der Waals surface area contributed by atoms with E-state index in [1.165, 1.54) is 5.01 Å². The molecule has 0 radical (unpaired) electrons. The molecule has 0 atom stereocenters. The number of hydrogen-bond acceptors (Lipinski definition) is 4. The molecule has 0 saturated heterocycles. The van der Waals surface area contributed by atoms with Crippen molar-refractivity contribution < 1.29 is 14.3 Å². The Balaban J connectivity index is 1.51. The van der Waals surface area contributed by atoms with E-state index in [1.807, 2.05) is 67.6 Å². The molecule has 5 nitrogen and oxygen atoms in total. The molecule has 1 aliphatic heterocycles. The number of carbonyl (C=O) groups excluding carboxylic acids is 1. The third-order valence-corrected chi connectivity index (χ3v) is 6.82. The van der Waals surface area contributed by atoms with Crippen molar-refractivity contribution in [2.24, 2.45) is 5.10 Å². The maximum Gasteiger partial charge on any atom is 0.281 e. The number of amides is 1. The molecule has 4 aromatic rings. The summed E-state index contributed by atoms with van der Waals surface area (Å²) in [6.45, 7) is 2.44. The molecule has 4 aromatic carbocycles. The lowest BCUT2D eigenvalue weighted by Gasteiger charge is -2.15. The van der Waals surface area contributed by atoms with Gasteiger partial charge in [-0.3, -0.25) is 4.79 Å². The van der Waals surface area contributed by atoms with E-state index in [0.29, 0.717) is 55.7 Å². The molecule has 0 aliphatic carbocycles. The summed E-state index contributed by atoms with van der Waals surface area (Å²) in [5, 5.41) is 7.46. The summed E-state index contributed by atoms with van der Waals surface area (Å²) in [5.74, 6) is 0.588. The van der Waals surface area contributed by atoms with Crippen LogP contribution in [0.3, 0.4) is 0 Å². The van der Waals surface area contributed by atoms with Crippen LogP contribution in [0, 0.1) is 0 Å². The average molecular weight is 578 g/mol. The predicted molar refractivity (Wildman–Crippen MR) is 158 cm³/mol. The Morgan fingerprint density at radius 3 is 2.26 bits per heavy atom. The van der Waals surface area contributed by atoms with E-state index in [1.54, 1.807) is 36.4 Å². The summed E-state index contributed by atoms with van der Waals surface area (Å²) in [6.07, 6.45) is 1.77. The van der Waals surface area contributed by atoms with Crippen molar-refractivity contribution in [2.75, 3.05) is 11.6 Å². The largest absolute Gasteiger partial charge is 0.490 e. The zero-order valence-electron chi connectivity index (χ0n) is 20.9. The molecule has 0 unspecified atom stereocenters. The number of benzene rings is 4. The minimum atomic E-state index is -0.244. The lowest BCUT2D eigenvalue weighted by atomic mass is 10.00. The van der Waals surface area contributed by atoms with Gasteiger partial charge in [0, 0.05) is 21.2 Å². The van der Waals surface area contributed by atoms with E-state index < -0.39 is 0 Å². The van der Waals surface area contributed by atoms with Crippen LogP contribution in [0.15, 0.2) is 102 Å². The molecular weight excluding hydrogens is 555 g/mol. The minimum Gasteiger partial charge on any atom is -0.490 e. The topological polar surface area (TPSA) is 51.1 Å². The van der Waals surface area contributed by atoms with E-state index in [9.17, 15) is 4.79 Å². The molecule has 5 rings (SSSR count). The Hall–Kier alpha value is -3.77. The molecule has 0 bridgehead atoms. The van der Waals surface area contributed by atoms with Gasteiger partial charge in [0.2, 0.25) is 0 Å². The Kier molecular flexibility index (Phi) is 8.22. The van der Waals surface area contributed by atoms with Gasteiger partial charge in [-0.05, 0) is 55.0 Å². The molecule has 0 N–H and O–H groups in total. The first-order valence-electron chi connectivity index (χ1n) is 12.2. The number of rotatable bonds is 8. The highest BCUT2D eigenvalue weighted by molar-refractivity contribution is 6.38. The van der Waals surface area contributed by atoms with Crippen molar-refractivity contribution in [1.29, 1.82) is 0 Å². The molecule has 0 spiro atoms. The number of hydrazone groups is 1. The standard InChI is InChI=1S/C31H23Cl3N2O3/c1-2-38-28-17-20(16-27(34)30(28)39-19-22-13-14-23(32)18-26(22)33)15-25-29(21-9-5-3-6-10-21)35-36(31(25)37)24-11-7-4-8-12-24/h3-18H,2,19H2,1H3/b25-15-. The number of halogens is 3. The smallest absolute Gasteiger partial charge is 0.281 e. The zero-order valence-corrected chi connectivity index (χ0v) is 23.2. The summed E-state index contributed by atoms with van der Waals surface area (Å²) in [4.78, 5) is 13.6. The van der Waals surface area contributed by atoms with Gasteiger partial charge in [0.05, 0.1) is 22.9 Å². The number of ether oxygens (including phenoxy) is 2. The van der Waals surface area contributed by atoms with Crippen molar-refractivity contribution in [2.45, 2.75) is 13.5 Å². The molecule has 196 valence electrons. The van der Waals surface area contributed by atoms with Gasteiger partial charge in [-0.15, -0.1) is 0 Å². The van der Waals surface area contributed by atoms with Crippen molar-refractivity contribution in [3.63, 3.8) is 0 Å². The normalized spacial score (nSPS) is 14.1. The van der Waals surface area contributed by atoms with Gasteiger partial charge in [0.25, 0.3) is 5.91 Å². The third kappa shape index (κ3) is 5.96. The second-order valence-corrected chi connectivity index (χ2v) is 9.86. The fourth-order valence-electron chi connectivity index (χ4n) is 4.13. The lowest BCUT2D eigenvalue weighted by molar-refractivity contribution is -0.114. The number of carbonyl (C=O) groups is 1. The summed E-state index contributed by atoms with van der Waals surface area (Å²) in [5.41, 5.74) is 3.93. The van der Waals surface area contributed by atoms with E-state index in [0.717, 1.165) is 11.1 Å². The van der Waals surface area contributed by atoms with Crippen LogP contribution < -0.4 is 14.5 Å². The summed E-state index contributed by atoms with van der Waals surface area (Å²) >= 11 is 19.0. The van der Waals surface area contributed by atoms with Gasteiger partial charge in [-0.25, -0.2) is 0 Å². The van der Waals surface area contributed by atoms with Gasteiger partial charge in [-0.2, -0.15) is 10.1 Å². The summed E-state index contributed by atoms with van der Waals surface area (Å²) in [6, 6.07) is 27.6. The zero-order chi connectivity index (χ0) is 27.4. The highest BCUT2D eigenvalue weighted by Gasteiger charge is 2.32. The van der Waals surface area contributed by atoms with Crippen molar-refractivity contribution in [3.05, 3.63) is 128 Å². The van der Waals surface area contributed by atoms with E-state index in [2.05, 4.69) is 5.10 Å². The second kappa shape index (κ2) is 12.0. The van der Waals surface area contributed by atoms with Gasteiger partial charge < -0.3 is 9.47 Å². The highest BCUT2D eigenvalue weighted by atomic mass is 35.5. The first-order valence-corrected chi connectivity index (χ1v) is 13.4. The predicted octanol–water partition coefficient (Wildman–Crippen LogP) is 8.46. The Labute approximate surface area is 241 Å². The monoisotopic (exact) mass is 576 g/mol. The van der Waals surface area contributed by atoms with Crippen LogP contribution in [0.1, 0.15) is 23.6 Å². The molecule has 1 heterocycles. The number of nitrogens with zero attached hydrogens (tertiary/aromatic N) is 2. The van der Waals surface area contributed by atoms with Crippen LogP contribution in [-0.4, -0.2) is 18.2 Å². The fraction of sp³-hybridized carbons (Fsp3) is 0.0968. The Morgan fingerprint density at radius 2 is 1.56 bits per heavy atom. The van der Waals surface area contributed by atoms with Crippen LogP contribution >= 0.6 is 34.8 Å². The molecule has 0 fully saturated rings. The van der Waals surface area contributed by atoms with E-state index in [4.69, 9.17) is 44.3 Å². The fourth-order valence-corrected chi connectivity index (χ4v) is 4.86. The maximum atomic E-state index is 13.6. The molecule has 0 saturated carbocycles. The number of anilines is 1. The van der Waals surface area contributed by atoms with E-state index in [-0.39, 0.29) is 12.5 Å². The maximum absolute atomic E-state index is 13.6. The van der Waals surface area contributed by atoms with Crippen LogP contribution in [0.25, 0.3) is 6.08 Å². The molecular formula is C31H23Cl3N2O3. The van der Waals surface area contributed by atoms with Gasteiger partial charge in [0.1, 0.15) is 12.3 Å². The van der Waals surface area contributed by atoms with Crippen LogP contribution in [0.2, 0.25) is 15.1 Å². The molecule has 1 aliphatic rings. The van der Waals surface area contributed by atoms with Crippen molar-refractivity contribution in [1.82, 2.24) is 0 Å². The van der Waals surface area contributed by atoms with Gasteiger partial charge in [-0.1, -0.05) is 89.4 Å². The van der Waals surface area contributed by atoms with Crippen LogP contribution in [0.5, 0.6) is 11.5 Å². The highest BCUT2D eigenvalue weighted by Crippen LogP contribution is 2.39. The molecule has 1 amide bonds. The van der Waals surface area contributed by atoms with E-state index >= 15 is 0 Å². The van der Waals surface area contributed by atoms with Crippen molar-refractivity contribution in [3.8, 4) is 11.5 Å². The SMILES string of the molecule is CCOc1cc(/C=C2\C(=O)N(c3ccccc3)N=C2c2ccccc2)cc(Cl)c1OCc1ccc(Cl)cc1Cl. The first kappa shape index (κ1) is 26.8. The van der Waals surface area contributed by atoms with Crippen LogP contribution in [-0.2, 0) is 11.4 Å².